The molecule has 5 heteroatoms. The normalized spacial score (nSPS) is 17.6. The second kappa shape index (κ2) is 7.26. The Kier molecular flexibility index (Phi) is 5.63. The van der Waals surface area contributed by atoms with Gasteiger partial charge in [-0.05, 0) is 36.1 Å². The van der Waals surface area contributed by atoms with E-state index in [-0.39, 0.29) is 0 Å². The van der Waals surface area contributed by atoms with Crippen LogP contribution in [0.2, 0.25) is 0 Å². The van der Waals surface area contributed by atoms with Gasteiger partial charge < -0.3 is 14.5 Å². The first kappa shape index (κ1) is 16.3. The summed E-state index contributed by atoms with van der Waals surface area (Å²) in [5, 5.41) is 0. The minimum atomic E-state index is -4.11. The molecular formula is C16H23O4P. The molecule has 1 unspecified atom stereocenters. The van der Waals surface area contributed by atoms with E-state index in [1.165, 1.54) is 19.3 Å². The second-order valence-corrected chi connectivity index (χ2v) is 7.24. The second-order valence-electron chi connectivity index (χ2n) is 5.44. The van der Waals surface area contributed by atoms with Gasteiger partial charge in [-0.3, -0.25) is 4.57 Å². The van der Waals surface area contributed by atoms with Crippen molar-refractivity contribution in [2.24, 2.45) is 0 Å². The number of hydrogen-bond acceptors (Lipinski definition) is 2. The van der Waals surface area contributed by atoms with E-state index in [0.717, 1.165) is 17.7 Å². The first-order valence-corrected chi connectivity index (χ1v) is 9.19. The van der Waals surface area contributed by atoms with Gasteiger partial charge in [0.1, 0.15) is 5.75 Å². The minimum Gasteiger partial charge on any atom is -0.494 e. The summed E-state index contributed by atoms with van der Waals surface area (Å²) in [5.41, 5.74) is 0.834. The smallest absolute Gasteiger partial charge is 0.333 e. The molecular weight excluding hydrogens is 287 g/mol. The molecule has 0 radical (unpaired) electrons. The number of fused-ring (bicyclic) bond motifs is 1. The van der Waals surface area contributed by atoms with Gasteiger partial charge in [0, 0.05) is 0 Å². The summed E-state index contributed by atoms with van der Waals surface area (Å²) in [4.78, 5) is 18.9. The summed E-state index contributed by atoms with van der Waals surface area (Å²) >= 11 is 0. The van der Waals surface area contributed by atoms with Crippen LogP contribution in [0.15, 0.2) is 24.3 Å². The molecule has 1 aliphatic rings. The monoisotopic (exact) mass is 310 g/mol. The Morgan fingerprint density at radius 1 is 1.29 bits per heavy atom. The zero-order valence-corrected chi connectivity index (χ0v) is 13.3. The van der Waals surface area contributed by atoms with Gasteiger partial charge >= 0.3 is 7.60 Å². The summed E-state index contributed by atoms with van der Waals surface area (Å²) in [5.74, 6) is 0.765. The lowest BCUT2D eigenvalue weighted by Crippen LogP contribution is -2.05. The van der Waals surface area contributed by atoms with Gasteiger partial charge in [-0.25, -0.2) is 0 Å². The van der Waals surface area contributed by atoms with Gasteiger partial charge in [-0.2, -0.15) is 0 Å². The lowest BCUT2D eigenvalue weighted by atomic mass is 9.97. The lowest BCUT2D eigenvalue weighted by Gasteiger charge is -2.23. The van der Waals surface area contributed by atoms with Gasteiger partial charge in [0.15, 0.2) is 0 Å². The fraction of sp³-hybridized carbons (Fsp3) is 0.500. The maximum atomic E-state index is 11.5. The van der Waals surface area contributed by atoms with Gasteiger partial charge in [-0.15, -0.1) is 0 Å². The van der Waals surface area contributed by atoms with Crippen LogP contribution >= 0.6 is 7.60 Å². The van der Waals surface area contributed by atoms with E-state index in [2.05, 4.69) is 6.92 Å². The van der Waals surface area contributed by atoms with Crippen molar-refractivity contribution in [2.45, 2.75) is 44.7 Å². The molecule has 1 atom stereocenters. The van der Waals surface area contributed by atoms with Crippen LogP contribution in [-0.4, -0.2) is 16.4 Å². The van der Waals surface area contributed by atoms with Crippen molar-refractivity contribution in [3.05, 3.63) is 35.4 Å². The van der Waals surface area contributed by atoms with Crippen molar-refractivity contribution in [3.8, 4) is 5.75 Å². The lowest BCUT2D eigenvalue weighted by molar-refractivity contribution is 0.305. The van der Waals surface area contributed by atoms with Gasteiger partial charge in [0.25, 0.3) is 0 Å². The van der Waals surface area contributed by atoms with Crippen molar-refractivity contribution in [1.82, 2.24) is 0 Å². The Labute approximate surface area is 126 Å². The highest BCUT2D eigenvalue weighted by atomic mass is 31.2. The molecule has 0 aliphatic heterocycles. The number of hydrogen-bond donors (Lipinski definition) is 2. The molecule has 1 aromatic rings. The molecule has 4 nitrogen and oxygen atoms in total. The van der Waals surface area contributed by atoms with Crippen LogP contribution in [0.4, 0.5) is 0 Å². The predicted molar refractivity (Wildman–Crippen MR) is 84.5 cm³/mol. The van der Waals surface area contributed by atoms with Crippen molar-refractivity contribution in [1.29, 1.82) is 0 Å². The number of rotatable bonds is 7. The molecule has 0 fully saturated rings. The number of benzene rings is 1. The fourth-order valence-electron chi connectivity index (χ4n) is 2.58. The van der Waals surface area contributed by atoms with Crippen LogP contribution in [0.5, 0.6) is 5.75 Å². The Hall–Kier alpha value is -1.09. The highest BCUT2D eigenvalue weighted by molar-refractivity contribution is 7.52. The molecule has 2 N–H and O–H groups in total. The van der Waals surface area contributed by atoms with Crippen LogP contribution in [-0.2, 0) is 4.57 Å². The maximum Gasteiger partial charge on any atom is 0.333 e. The highest BCUT2D eigenvalue weighted by Crippen LogP contribution is 2.56. The van der Waals surface area contributed by atoms with E-state index in [9.17, 15) is 14.4 Å². The van der Waals surface area contributed by atoms with Crippen LogP contribution < -0.4 is 4.74 Å². The quantitative estimate of drug-likeness (QED) is 0.582. The topological polar surface area (TPSA) is 66.8 Å². The first-order chi connectivity index (χ1) is 10.0. The van der Waals surface area contributed by atoms with Gasteiger partial charge in [0.05, 0.1) is 12.3 Å². The molecule has 21 heavy (non-hydrogen) atoms. The molecule has 1 aliphatic carbocycles. The zero-order valence-electron chi connectivity index (χ0n) is 12.4. The summed E-state index contributed by atoms with van der Waals surface area (Å²) in [6.07, 6.45) is 8.73. The molecule has 0 spiro atoms. The zero-order chi connectivity index (χ0) is 15.3. The summed E-state index contributed by atoms with van der Waals surface area (Å²) in [6.45, 7) is 2.86. The predicted octanol–water partition coefficient (Wildman–Crippen LogP) is 4.28. The van der Waals surface area contributed by atoms with Crippen molar-refractivity contribution in [3.63, 3.8) is 0 Å². The van der Waals surface area contributed by atoms with Gasteiger partial charge in [0.2, 0.25) is 0 Å². The molecule has 0 aromatic heterocycles. The van der Waals surface area contributed by atoms with Crippen LogP contribution in [0.25, 0.3) is 6.08 Å². The Morgan fingerprint density at radius 3 is 2.81 bits per heavy atom. The average molecular weight is 310 g/mol. The van der Waals surface area contributed by atoms with Crippen molar-refractivity contribution in [2.75, 3.05) is 6.61 Å². The SMILES string of the molecule is CCCCCCOc1ccc2c(c1)C=CCC2P(=O)(O)O. The Morgan fingerprint density at radius 2 is 2.10 bits per heavy atom. The number of unbranched alkanes of at least 4 members (excludes halogenated alkanes) is 3. The van der Waals surface area contributed by atoms with Crippen molar-refractivity contribution >= 4 is 13.7 Å². The Balaban J connectivity index is 2.03. The molecule has 0 saturated heterocycles. The third-order valence-corrected chi connectivity index (χ3v) is 5.05. The Bertz CT molecular complexity index is 547. The minimum absolute atomic E-state index is 0.383. The summed E-state index contributed by atoms with van der Waals surface area (Å²) in [6, 6.07) is 5.46. The molecule has 1 aromatic carbocycles. The summed E-state index contributed by atoms with van der Waals surface area (Å²) in [7, 11) is -4.11. The van der Waals surface area contributed by atoms with E-state index in [1.54, 1.807) is 12.1 Å². The maximum absolute atomic E-state index is 11.5. The largest absolute Gasteiger partial charge is 0.494 e. The van der Waals surface area contributed by atoms with E-state index >= 15 is 0 Å². The fourth-order valence-corrected chi connectivity index (χ4v) is 3.57. The van der Waals surface area contributed by atoms with E-state index < -0.39 is 13.3 Å². The average Bonchev–Trinajstić information content (AvgIpc) is 2.45. The number of allylic oxidation sites excluding steroid dienone is 1. The third-order valence-electron chi connectivity index (χ3n) is 3.75. The molecule has 0 heterocycles. The molecule has 0 bridgehead atoms. The standard InChI is InChI=1S/C16H23O4P/c1-2-3-4-5-11-20-14-9-10-15-13(12-14)7-6-8-16(15)21(17,18)19/h6-7,9-10,12,16H,2-5,8,11H2,1H3,(H2,17,18,19). The van der Waals surface area contributed by atoms with E-state index in [4.69, 9.17) is 4.74 Å². The van der Waals surface area contributed by atoms with Gasteiger partial charge in [-0.1, -0.05) is 44.4 Å². The first-order valence-electron chi connectivity index (χ1n) is 7.51. The molecule has 116 valence electrons. The highest BCUT2D eigenvalue weighted by Gasteiger charge is 2.32. The van der Waals surface area contributed by atoms with Crippen molar-refractivity contribution < 1.29 is 19.1 Å². The van der Waals surface area contributed by atoms with E-state index in [1.807, 2.05) is 18.2 Å². The molecule has 2 rings (SSSR count). The van der Waals surface area contributed by atoms with Crippen LogP contribution in [0.1, 0.15) is 55.8 Å². The van der Waals surface area contributed by atoms with Crippen LogP contribution in [0, 0.1) is 0 Å². The van der Waals surface area contributed by atoms with E-state index in [0.29, 0.717) is 18.6 Å². The molecule has 0 amide bonds. The number of ether oxygens (including phenoxy) is 1. The third kappa shape index (κ3) is 4.44. The van der Waals surface area contributed by atoms with Crippen LogP contribution in [0.3, 0.4) is 0 Å². The summed E-state index contributed by atoms with van der Waals surface area (Å²) < 4.78 is 17.2. The molecule has 0 saturated carbocycles.